The summed E-state index contributed by atoms with van der Waals surface area (Å²) in [6.45, 7) is 3.14. The highest BCUT2D eigenvalue weighted by Gasteiger charge is 2.33. The number of aliphatic carboxylic acids is 1. The maximum absolute atomic E-state index is 11.2. The zero-order chi connectivity index (χ0) is 13.9. The average Bonchev–Trinajstić information content (AvgIpc) is 2.28. The van der Waals surface area contributed by atoms with Gasteiger partial charge in [-0.2, -0.15) is 0 Å². The molecule has 0 radical (unpaired) electrons. The Labute approximate surface area is 109 Å². The minimum absolute atomic E-state index is 0.0335. The third-order valence-electron chi connectivity index (χ3n) is 2.76. The van der Waals surface area contributed by atoms with Crippen LogP contribution in [0.5, 0.6) is 0 Å². The van der Waals surface area contributed by atoms with Crippen LogP contribution in [-0.4, -0.2) is 21.5 Å². The molecule has 0 saturated heterocycles. The molecule has 0 heterocycles. The van der Waals surface area contributed by atoms with Crippen molar-refractivity contribution < 1.29 is 14.8 Å². The number of nitro groups is 1. The van der Waals surface area contributed by atoms with Crippen LogP contribution >= 0.6 is 11.6 Å². The monoisotopic (exact) mass is 272 g/mol. The maximum Gasteiger partial charge on any atom is 0.329 e. The number of para-hydroxylation sites is 1. The van der Waals surface area contributed by atoms with Crippen molar-refractivity contribution in [2.75, 3.05) is 5.32 Å². The van der Waals surface area contributed by atoms with Crippen molar-refractivity contribution in [2.45, 2.75) is 25.8 Å². The van der Waals surface area contributed by atoms with E-state index < -0.39 is 16.4 Å². The first kappa shape index (κ1) is 14.2. The molecule has 0 aliphatic heterocycles. The number of rotatable bonds is 5. The smallest absolute Gasteiger partial charge is 0.329 e. The molecule has 1 aromatic rings. The number of carbonyl (C=O) groups is 1. The lowest BCUT2D eigenvalue weighted by molar-refractivity contribution is -0.383. The van der Waals surface area contributed by atoms with Crippen molar-refractivity contribution in [3.63, 3.8) is 0 Å². The summed E-state index contributed by atoms with van der Waals surface area (Å²) in [5, 5.41) is 22.7. The van der Waals surface area contributed by atoms with Gasteiger partial charge in [0.25, 0.3) is 0 Å². The van der Waals surface area contributed by atoms with Gasteiger partial charge in [0.15, 0.2) is 0 Å². The second kappa shape index (κ2) is 5.22. The van der Waals surface area contributed by atoms with Crippen molar-refractivity contribution in [1.82, 2.24) is 0 Å². The standard InChI is InChI=1S/C11H13ClN2O4/c1-3-11(2,10(15)16)13-8-6-4-5-7(12)9(8)14(17)18/h4-6,13H,3H2,1-2H3,(H,15,16). The van der Waals surface area contributed by atoms with Crippen molar-refractivity contribution in [1.29, 1.82) is 0 Å². The highest BCUT2D eigenvalue weighted by atomic mass is 35.5. The van der Waals surface area contributed by atoms with Crippen LogP contribution in [0.25, 0.3) is 0 Å². The number of anilines is 1. The van der Waals surface area contributed by atoms with Crippen molar-refractivity contribution in [3.05, 3.63) is 33.3 Å². The minimum atomic E-state index is -1.28. The lowest BCUT2D eigenvalue weighted by Gasteiger charge is -2.25. The summed E-state index contributed by atoms with van der Waals surface area (Å²) < 4.78 is 0. The van der Waals surface area contributed by atoms with Gasteiger partial charge in [-0.15, -0.1) is 0 Å². The van der Waals surface area contributed by atoms with E-state index in [1.807, 2.05) is 0 Å². The third-order valence-corrected chi connectivity index (χ3v) is 3.06. The van der Waals surface area contributed by atoms with Gasteiger partial charge in [0.2, 0.25) is 0 Å². The Morgan fingerprint density at radius 3 is 2.67 bits per heavy atom. The summed E-state index contributed by atoms with van der Waals surface area (Å²) in [6.07, 6.45) is 0.270. The molecule has 0 saturated carbocycles. The quantitative estimate of drug-likeness (QED) is 0.635. The normalized spacial score (nSPS) is 13.7. The summed E-state index contributed by atoms with van der Waals surface area (Å²) >= 11 is 5.75. The number of nitrogens with one attached hydrogen (secondary N) is 1. The predicted octanol–water partition coefficient (Wildman–Crippen LogP) is 2.91. The van der Waals surface area contributed by atoms with Gasteiger partial charge in [0.05, 0.1) is 4.92 Å². The van der Waals surface area contributed by atoms with E-state index in [2.05, 4.69) is 5.32 Å². The SMILES string of the molecule is CCC(C)(Nc1cccc(Cl)c1[N+](=O)[O-])C(=O)O. The van der Waals surface area contributed by atoms with Crippen LogP contribution in [0, 0.1) is 10.1 Å². The Kier molecular flexibility index (Phi) is 4.13. The van der Waals surface area contributed by atoms with Crippen LogP contribution < -0.4 is 5.32 Å². The van der Waals surface area contributed by atoms with E-state index in [-0.39, 0.29) is 22.8 Å². The van der Waals surface area contributed by atoms with Crippen LogP contribution in [0.1, 0.15) is 20.3 Å². The number of hydrogen-bond acceptors (Lipinski definition) is 4. The van der Waals surface area contributed by atoms with Gasteiger partial charge in [0, 0.05) is 0 Å². The first-order chi connectivity index (χ1) is 8.31. The van der Waals surface area contributed by atoms with Gasteiger partial charge < -0.3 is 10.4 Å². The second-order valence-electron chi connectivity index (χ2n) is 4.01. The van der Waals surface area contributed by atoms with Gasteiger partial charge in [-0.05, 0) is 25.5 Å². The van der Waals surface area contributed by atoms with Crippen LogP contribution in [0.3, 0.4) is 0 Å². The number of carboxylic acids is 1. The van der Waals surface area contributed by atoms with Crippen LogP contribution in [0.15, 0.2) is 18.2 Å². The highest BCUT2D eigenvalue weighted by Crippen LogP contribution is 2.34. The molecular weight excluding hydrogens is 260 g/mol. The van der Waals surface area contributed by atoms with Crippen LogP contribution in [0.2, 0.25) is 5.02 Å². The molecule has 1 aromatic carbocycles. The van der Waals surface area contributed by atoms with E-state index in [0.29, 0.717) is 0 Å². The van der Waals surface area contributed by atoms with E-state index in [9.17, 15) is 14.9 Å². The fraction of sp³-hybridized carbons (Fsp3) is 0.364. The zero-order valence-electron chi connectivity index (χ0n) is 9.94. The topological polar surface area (TPSA) is 92.5 Å². The lowest BCUT2D eigenvalue weighted by Crippen LogP contribution is -2.42. The highest BCUT2D eigenvalue weighted by molar-refractivity contribution is 6.33. The largest absolute Gasteiger partial charge is 0.480 e. The summed E-state index contributed by atoms with van der Waals surface area (Å²) in [4.78, 5) is 21.4. The van der Waals surface area contributed by atoms with E-state index >= 15 is 0 Å². The second-order valence-corrected chi connectivity index (χ2v) is 4.42. The summed E-state index contributed by atoms with van der Waals surface area (Å²) in [7, 11) is 0. The van der Waals surface area contributed by atoms with Gasteiger partial charge >= 0.3 is 11.7 Å². The van der Waals surface area contributed by atoms with E-state index in [1.165, 1.54) is 25.1 Å². The first-order valence-corrected chi connectivity index (χ1v) is 5.64. The van der Waals surface area contributed by atoms with Crippen molar-refractivity contribution in [3.8, 4) is 0 Å². The number of benzene rings is 1. The van der Waals surface area contributed by atoms with Crippen molar-refractivity contribution in [2.24, 2.45) is 0 Å². The molecule has 1 rings (SSSR count). The number of carboxylic acid groups (broad SMARTS) is 1. The molecule has 98 valence electrons. The summed E-state index contributed by atoms with van der Waals surface area (Å²) in [5.41, 5.74) is -1.51. The van der Waals surface area contributed by atoms with E-state index in [1.54, 1.807) is 6.92 Å². The first-order valence-electron chi connectivity index (χ1n) is 5.26. The molecule has 0 aromatic heterocycles. The van der Waals surface area contributed by atoms with Crippen LogP contribution in [-0.2, 0) is 4.79 Å². The molecule has 0 aliphatic rings. The molecule has 0 fully saturated rings. The number of nitrogens with zero attached hydrogens (tertiary/aromatic N) is 1. The fourth-order valence-corrected chi connectivity index (χ4v) is 1.64. The van der Waals surface area contributed by atoms with Gasteiger partial charge in [-0.3, -0.25) is 10.1 Å². The molecule has 7 heteroatoms. The van der Waals surface area contributed by atoms with Gasteiger partial charge in [0.1, 0.15) is 16.2 Å². The molecule has 0 aliphatic carbocycles. The fourth-order valence-electron chi connectivity index (χ4n) is 1.39. The Bertz CT molecular complexity index is 492. The minimum Gasteiger partial charge on any atom is -0.480 e. The summed E-state index contributed by atoms with van der Waals surface area (Å²) in [6, 6.07) is 4.34. The lowest BCUT2D eigenvalue weighted by atomic mass is 9.98. The molecule has 1 unspecified atom stereocenters. The Morgan fingerprint density at radius 1 is 1.61 bits per heavy atom. The Morgan fingerprint density at radius 2 is 2.22 bits per heavy atom. The molecular formula is C11H13ClN2O4. The Balaban J connectivity index is 3.23. The average molecular weight is 273 g/mol. The molecule has 1 atom stereocenters. The molecule has 6 nitrogen and oxygen atoms in total. The number of nitro benzene ring substituents is 1. The third kappa shape index (κ3) is 2.70. The molecule has 0 bridgehead atoms. The predicted molar refractivity (Wildman–Crippen MR) is 68.1 cm³/mol. The number of hydrogen-bond donors (Lipinski definition) is 2. The van der Waals surface area contributed by atoms with Crippen LogP contribution in [0.4, 0.5) is 11.4 Å². The molecule has 0 spiro atoms. The molecule has 0 amide bonds. The summed E-state index contributed by atoms with van der Waals surface area (Å²) in [5.74, 6) is -1.08. The van der Waals surface area contributed by atoms with E-state index in [0.717, 1.165) is 0 Å². The van der Waals surface area contributed by atoms with Gasteiger partial charge in [-0.1, -0.05) is 24.6 Å². The maximum atomic E-state index is 11.2. The van der Waals surface area contributed by atoms with E-state index in [4.69, 9.17) is 16.7 Å². The molecule has 18 heavy (non-hydrogen) atoms. The molecule has 2 N–H and O–H groups in total. The van der Waals surface area contributed by atoms with Gasteiger partial charge in [-0.25, -0.2) is 4.79 Å². The zero-order valence-corrected chi connectivity index (χ0v) is 10.7. The Hall–Kier alpha value is -1.82. The number of halogens is 1. The van der Waals surface area contributed by atoms with Crippen molar-refractivity contribution >= 4 is 28.9 Å².